The molecule has 0 N–H and O–H groups in total. The maximum Gasteiger partial charge on any atom is 0.274 e. The highest BCUT2D eigenvalue weighted by atomic mass is 16.5. The van der Waals surface area contributed by atoms with Gasteiger partial charge in [0.25, 0.3) is 5.89 Å². The monoisotopic (exact) mass is 246 g/mol. The first-order chi connectivity index (χ1) is 8.63. The molecule has 6 nitrogen and oxygen atoms in total. The van der Waals surface area contributed by atoms with Gasteiger partial charge in [0, 0.05) is 26.8 Å². The Morgan fingerprint density at radius 3 is 3.00 bits per heavy atom. The maximum atomic E-state index is 8.83. The molecule has 0 bridgehead atoms. The zero-order valence-electron chi connectivity index (χ0n) is 10.5. The summed E-state index contributed by atoms with van der Waals surface area (Å²) in [6.07, 6.45) is 2.35. The van der Waals surface area contributed by atoms with Crippen LogP contribution in [0, 0.1) is 11.3 Å². The van der Waals surface area contributed by atoms with Gasteiger partial charge in [-0.1, -0.05) is 5.16 Å². The van der Waals surface area contributed by atoms with Gasteiger partial charge in [0.1, 0.15) is 11.8 Å². The minimum atomic E-state index is 0.0403. The number of hydrogen-bond donors (Lipinski definition) is 0. The lowest BCUT2D eigenvalue weighted by Crippen LogP contribution is -2.09. The van der Waals surface area contributed by atoms with E-state index >= 15 is 0 Å². The zero-order chi connectivity index (χ0) is 13.1. The van der Waals surface area contributed by atoms with Gasteiger partial charge in [0.05, 0.1) is 11.7 Å². The van der Waals surface area contributed by atoms with Crippen LogP contribution >= 0.6 is 0 Å². The number of aromatic nitrogens is 3. The van der Waals surface area contributed by atoms with Crippen LogP contribution in [0.25, 0.3) is 11.6 Å². The number of methoxy groups -OCH3 is 1. The van der Waals surface area contributed by atoms with Crippen molar-refractivity contribution in [2.45, 2.75) is 19.4 Å². The van der Waals surface area contributed by atoms with Gasteiger partial charge in [0.15, 0.2) is 5.82 Å². The van der Waals surface area contributed by atoms with Crippen LogP contribution in [0.3, 0.4) is 0 Å². The van der Waals surface area contributed by atoms with Crippen molar-refractivity contribution in [2.24, 2.45) is 7.05 Å². The Hall–Kier alpha value is -2.13. The second kappa shape index (κ2) is 5.02. The summed E-state index contributed by atoms with van der Waals surface area (Å²) < 4.78 is 12.1. The molecule has 2 heterocycles. The molecule has 18 heavy (non-hydrogen) atoms. The molecule has 1 atom stereocenters. The Balaban J connectivity index is 2.24. The predicted octanol–water partition coefficient (Wildman–Crippen LogP) is 1.52. The fourth-order valence-electron chi connectivity index (χ4n) is 1.62. The van der Waals surface area contributed by atoms with Crippen molar-refractivity contribution < 1.29 is 9.26 Å². The van der Waals surface area contributed by atoms with Gasteiger partial charge >= 0.3 is 0 Å². The quantitative estimate of drug-likeness (QED) is 0.817. The minimum Gasteiger partial charge on any atom is -0.381 e. The van der Waals surface area contributed by atoms with Gasteiger partial charge in [-0.25, -0.2) is 0 Å². The minimum absolute atomic E-state index is 0.0403. The number of nitriles is 1. The molecule has 0 amide bonds. The van der Waals surface area contributed by atoms with Gasteiger partial charge in [-0.3, -0.25) is 0 Å². The molecule has 0 fully saturated rings. The molecule has 0 spiro atoms. The molecule has 0 aliphatic carbocycles. The standard InChI is InChI=1S/C12H14N4O2/c1-8(17-3)4-11-14-12(18-15-11)10-5-9(6-13)7-16(10)2/h5,7-8H,4H2,1-3H3. The van der Waals surface area contributed by atoms with Crippen LogP contribution in [0.4, 0.5) is 0 Å². The van der Waals surface area contributed by atoms with Crippen LogP contribution in [-0.4, -0.2) is 27.9 Å². The fourth-order valence-corrected chi connectivity index (χ4v) is 1.62. The molecule has 0 saturated heterocycles. The van der Waals surface area contributed by atoms with E-state index in [0.717, 1.165) is 5.69 Å². The highest BCUT2D eigenvalue weighted by Crippen LogP contribution is 2.19. The van der Waals surface area contributed by atoms with Gasteiger partial charge in [-0.05, 0) is 13.0 Å². The Kier molecular flexibility index (Phi) is 3.44. The summed E-state index contributed by atoms with van der Waals surface area (Å²) in [4.78, 5) is 4.29. The van der Waals surface area contributed by atoms with E-state index in [0.29, 0.717) is 23.7 Å². The normalized spacial score (nSPS) is 12.3. The summed E-state index contributed by atoms with van der Waals surface area (Å²) in [5.74, 6) is 1.01. The Morgan fingerprint density at radius 1 is 1.61 bits per heavy atom. The van der Waals surface area contributed by atoms with E-state index in [2.05, 4.69) is 16.2 Å². The Morgan fingerprint density at radius 2 is 2.39 bits per heavy atom. The van der Waals surface area contributed by atoms with E-state index in [1.807, 2.05) is 14.0 Å². The number of rotatable bonds is 4. The molecule has 1 unspecified atom stereocenters. The first-order valence-electron chi connectivity index (χ1n) is 5.56. The lowest BCUT2D eigenvalue weighted by Gasteiger charge is -2.03. The first kappa shape index (κ1) is 12.3. The topological polar surface area (TPSA) is 76.9 Å². The van der Waals surface area contributed by atoms with Crippen molar-refractivity contribution >= 4 is 0 Å². The van der Waals surface area contributed by atoms with E-state index in [4.69, 9.17) is 14.5 Å². The first-order valence-corrected chi connectivity index (χ1v) is 5.56. The SMILES string of the molecule is COC(C)Cc1noc(-c2cc(C#N)cn2C)n1. The molecule has 0 aromatic carbocycles. The summed E-state index contributed by atoms with van der Waals surface area (Å²) in [6.45, 7) is 1.94. The largest absolute Gasteiger partial charge is 0.381 e. The summed E-state index contributed by atoms with van der Waals surface area (Å²) >= 11 is 0. The van der Waals surface area contributed by atoms with E-state index in [1.165, 1.54) is 0 Å². The van der Waals surface area contributed by atoms with Crippen molar-refractivity contribution in [1.82, 2.24) is 14.7 Å². The second-order valence-corrected chi connectivity index (χ2v) is 4.10. The average Bonchev–Trinajstić information content (AvgIpc) is 2.95. The van der Waals surface area contributed by atoms with E-state index in [-0.39, 0.29) is 6.10 Å². The van der Waals surface area contributed by atoms with Crippen molar-refractivity contribution in [2.75, 3.05) is 7.11 Å². The van der Waals surface area contributed by atoms with Crippen molar-refractivity contribution in [3.05, 3.63) is 23.7 Å². The van der Waals surface area contributed by atoms with E-state index < -0.39 is 0 Å². The van der Waals surface area contributed by atoms with Crippen LogP contribution in [0.2, 0.25) is 0 Å². The van der Waals surface area contributed by atoms with Crippen LogP contribution in [0.1, 0.15) is 18.3 Å². The van der Waals surface area contributed by atoms with Gasteiger partial charge < -0.3 is 13.8 Å². The van der Waals surface area contributed by atoms with Crippen LogP contribution in [0.15, 0.2) is 16.8 Å². The molecule has 2 aromatic rings. The molecule has 0 saturated carbocycles. The third-order valence-corrected chi connectivity index (χ3v) is 2.69. The third kappa shape index (κ3) is 2.41. The lowest BCUT2D eigenvalue weighted by atomic mass is 10.3. The van der Waals surface area contributed by atoms with Crippen LogP contribution < -0.4 is 0 Å². The lowest BCUT2D eigenvalue weighted by molar-refractivity contribution is 0.116. The number of aryl methyl sites for hydroxylation is 1. The summed E-state index contributed by atoms with van der Waals surface area (Å²) in [7, 11) is 3.47. The summed E-state index contributed by atoms with van der Waals surface area (Å²) in [5.41, 5.74) is 1.30. The fraction of sp³-hybridized carbons (Fsp3) is 0.417. The Bertz CT molecular complexity index is 579. The second-order valence-electron chi connectivity index (χ2n) is 4.10. The molecular weight excluding hydrogens is 232 g/mol. The molecule has 6 heteroatoms. The van der Waals surface area contributed by atoms with Crippen molar-refractivity contribution in [3.63, 3.8) is 0 Å². The molecule has 0 radical (unpaired) electrons. The molecule has 2 aromatic heterocycles. The van der Waals surface area contributed by atoms with Crippen molar-refractivity contribution in [1.29, 1.82) is 5.26 Å². The Labute approximate surface area is 105 Å². The molecule has 94 valence electrons. The molecule has 2 rings (SSSR count). The predicted molar refractivity (Wildman–Crippen MR) is 63.6 cm³/mol. The molecule has 0 aliphatic rings. The zero-order valence-corrected chi connectivity index (χ0v) is 10.5. The summed E-state index contributed by atoms with van der Waals surface area (Å²) in [5, 5.41) is 12.7. The van der Waals surface area contributed by atoms with Crippen LogP contribution in [-0.2, 0) is 18.2 Å². The number of ether oxygens (including phenoxy) is 1. The average molecular weight is 246 g/mol. The smallest absolute Gasteiger partial charge is 0.274 e. The van der Waals surface area contributed by atoms with Crippen LogP contribution in [0.5, 0.6) is 0 Å². The number of hydrogen-bond acceptors (Lipinski definition) is 5. The van der Waals surface area contributed by atoms with Gasteiger partial charge in [-0.2, -0.15) is 10.2 Å². The highest BCUT2D eigenvalue weighted by Gasteiger charge is 2.14. The van der Waals surface area contributed by atoms with Crippen molar-refractivity contribution in [3.8, 4) is 17.7 Å². The highest BCUT2D eigenvalue weighted by molar-refractivity contribution is 5.52. The summed E-state index contributed by atoms with van der Waals surface area (Å²) in [6, 6.07) is 3.79. The molecule has 0 aliphatic heterocycles. The maximum absolute atomic E-state index is 8.83. The van der Waals surface area contributed by atoms with E-state index in [1.54, 1.807) is 23.9 Å². The van der Waals surface area contributed by atoms with Gasteiger partial charge in [0.2, 0.25) is 0 Å². The third-order valence-electron chi connectivity index (χ3n) is 2.69. The number of nitrogens with zero attached hydrogens (tertiary/aromatic N) is 4. The molecular formula is C12H14N4O2. The van der Waals surface area contributed by atoms with Gasteiger partial charge in [-0.15, -0.1) is 0 Å². The van der Waals surface area contributed by atoms with E-state index in [9.17, 15) is 0 Å².